The maximum absolute atomic E-state index is 2.40. The summed E-state index contributed by atoms with van der Waals surface area (Å²) in [6, 6.07) is 15.5. The zero-order chi connectivity index (χ0) is 16.3. The van der Waals surface area contributed by atoms with Gasteiger partial charge in [-0.15, -0.1) is 0 Å². The summed E-state index contributed by atoms with van der Waals surface area (Å²) in [5.41, 5.74) is 1.56. The van der Waals surface area contributed by atoms with Crippen LogP contribution in [0.4, 0.5) is 0 Å². The Morgan fingerprint density at radius 3 is 1.59 bits per heavy atom. The van der Waals surface area contributed by atoms with Gasteiger partial charge in [0.15, 0.2) is 0 Å². The molecule has 1 rings (SSSR count). The van der Waals surface area contributed by atoms with E-state index in [1.165, 1.54) is 54.6 Å². The van der Waals surface area contributed by atoms with Crippen LogP contribution in [0.3, 0.4) is 0 Å². The number of benzene rings is 1. The third-order valence-electron chi connectivity index (χ3n) is 5.04. The minimum Gasteiger partial charge on any atom is -0.0654 e. The van der Waals surface area contributed by atoms with Crippen LogP contribution in [0.5, 0.6) is 0 Å². The summed E-state index contributed by atoms with van der Waals surface area (Å²) in [5.74, 6) is 0. The lowest BCUT2D eigenvalue weighted by atomic mass is 10.2. The zero-order valence-corrected chi connectivity index (χ0v) is 18.1. The Kier molecular flexibility index (Phi) is 10.7. The average Bonchev–Trinajstić information content (AvgIpc) is 2.55. The van der Waals surface area contributed by atoms with Crippen LogP contribution in [0.25, 0.3) is 0 Å². The minimum absolute atomic E-state index is 1.06. The second-order valence-electron chi connectivity index (χ2n) is 6.94. The van der Waals surface area contributed by atoms with Crippen molar-refractivity contribution in [1.29, 1.82) is 0 Å². The maximum atomic E-state index is 2.40. The first kappa shape index (κ1) is 20.2. The lowest BCUT2D eigenvalue weighted by Gasteiger charge is -2.32. The van der Waals surface area contributed by atoms with Crippen molar-refractivity contribution in [2.24, 2.45) is 0 Å². The Morgan fingerprint density at radius 2 is 1.18 bits per heavy atom. The van der Waals surface area contributed by atoms with Gasteiger partial charge in [0, 0.05) is 3.57 Å². The van der Waals surface area contributed by atoms with E-state index in [0.717, 1.165) is 0 Å². The molecule has 1 aromatic carbocycles. The summed E-state index contributed by atoms with van der Waals surface area (Å²) in [5, 5.41) is 0. The molecule has 0 saturated carbocycles. The summed E-state index contributed by atoms with van der Waals surface area (Å²) in [7, 11) is -1.06. The summed E-state index contributed by atoms with van der Waals surface area (Å²) < 4.78 is 1.35. The molecule has 126 valence electrons. The molecule has 0 saturated heterocycles. The van der Waals surface area contributed by atoms with Crippen LogP contribution in [0.15, 0.2) is 24.3 Å². The van der Waals surface area contributed by atoms with Gasteiger partial charge < -0.3 is 0 Å². The molecule has 0 aliphatic heterocycles. The van der Waals surface area contributed by atoms with Gasteiger partial charge in [0.05, 0.1) is 8.07 Å². The van der Waals surface area contributed by atoms with Gasteiger partial charge in [-0.3, -0.25) is 0 Å². The summed E-state index contributed by atoms with van der Waals surface area (Å²) in [4.78, 5) is 0. The summed E-state index contributed by atoms with van der Waals surface area (Å²) >= 11 is 2.40. The van der Waals surface area contributed by atoms with E-state index in [-0.39, 0.29) is 0 Å². The topological polar surface area (TPSA) is 0 Å². The third-order valence-corrected chi connectivity index (χ3v) is 11.3. The number of unbranched alkanes of at least 4 members (excludes halogenated alkanes) is 3. The van der Waals surface area contributed by atoms with Crippen LogP contribution in [-0.4, -0.2) is 8.07 Å². The van der Waals surface area contributed by atoms with Gasteiger partial charge in [-0.05, 0) is 46.7 Å². The normalized spacial score (nSPS) is 11.8. The number of rotatable bonds is 12. The second kappa shape index (κ2) is 11.7. The summed E-state index contributed by atoms with van der Waals surface area (Å²) in [6.45, 7) is 7.08. The fraction of sp³-hybridized carbons (Fsp3) is 0.700. The fourth-order valence-electron chi connectivity index (χ4n) is 3.47. The van der Waals surface area contributed by atoms with Crippen molar-refractivity contribution in [3.05, 3.63) is 33.4 Å². The predicted molar refractivity (Wildman–Crippen MR) is 113 cm³/mol. The molecule has 0 unspecified atom stereocenters. The van der Waals surface area contributed by atoms with Gasteiger partial charge in [0.25, 0.3) is 0 Å². The van der Waals surface area contributed by atoms with Crippen LogP contribution < -0.4 is 0 Å². The Labute approximate surface area is 153 Å². The van der Waals surface area contributed by atoms with Gasteiger partial charge in [0.1, 0.15) is 0 Å². The molecule has 0 bridgehead atoms. The van der Waals surface area contributed by atoms with Crippen LogP contribution in [0.1, 0.15) is 64.9 Å². The van der Waals surface area contributed by atoms with E-state index in [2.05, 4.69) is 67.6 Å². The van der Waals surface area contributed by atoms with Crippen LogP contribution in [0, 0.1) is 3.57 Å². The van der Waals surface area contributed by atoms with Crippen molar-refractivity contribution in [3.8, 4) is 0 Å². The monoisotopic (exact) mass is 430 g/mol. The van der Waals surface area contributed by atoms with E-state index in [1.54, 1.807) is 23.7 Å². The average molecular weight is 430 g/mol. The van der Waals surface area contributed by atoms with Gasteiger partial charge >= 0.3 is 0 Å². The van der Waals surface area contributed by atoms with E-state index in [9.17, 15) is 0 Å². The van der Waals surface area contributed by atoms with Crippen LogP contribution >= 0.6 is 22.6 Å². The minimum atomic E-state index is -1.06. The van der Waals surface area contributed by atoms with Gasteiger partial charge in [-0.25, -0.2) is 0 Å². The highest BCUT2D eigenvalue weighted by Gasteiger charge is 2.30. The van der Waals surface area contributed by atoms with E-state index in [4.69, 9.17) is 0 Å². The standard InChI is InChI=1S/C20H35ISi/c1-4-7-15-22(16-8-5-2,17-9-6-3)18-14-19-10-12-20(21)13-11-19/h10-13H,4-9,14-18H2,1-3H3. The molecule has 0 aliphatic rings. The molecule has 1 aromatic rings. The van der Waals surface area contributed by atoms with Crippen molar-refractivity contribution in [2.75, 3.05) is 0 Å². The second-order valence-corrected chi connectivity index (χ2v) is 13.2. The third kappa shape index (κ3) is 7.63. The van der Waals surface area contributed by atoms with Crippen molar-refractivity contribution >= 4 is 30.7 Å². The number of aryl methyl sites for hydroxylation is 1. The SMILES string of the molecule is CCCC[Si](CCCC)(CCCC)CCc1ccc(I)cc1. The van der Waals surface area contributed by atoms with Gasteiger partial charge in [-0.2, -0.15) is 0 Å². The van der Waals surface area contributed by atoms with Gasteiger partial charge in [-0.1, -0.05) is 95.6 Å². The molecule has 0 heterocycles. The van der Waals surface area contributed by atoms with Crippen LogP contribution in [-0.2, 0) is 6.42 Å². The molecule has 0 spiro atoms. The first-order valence-corrected chi connectivity index (χ1v) is 13.3. The first-order chi connectivity index (χ1) is 10.7. The maximum Gasteiger partial charge on any atom is 0.0539 e. The lowest BCUT2D eigenvalue weighted by molar-refractivity contribution is 0.780. The first-order valence-electron chi connectivity index (χ1n) is 9.40. The Bertz CT molecular complexity index is 363. The molecule has 0 amide bonds. The number of hydrogen-bond acceptors (Lipinski definition) is 0. The Morgan fingerprint density at radius 1 is 0.727 bits per heavy atom. The van der Waals surface area contributed by atoms with Crippen molar-refractivity contribution < 1.29 is 0 Å². The highest BCUT2D eigenvalue weighted by molar-refractivity contribution is 14.1. The van der Waals surface area contributed by atoms with Crippen molar-refractivity contribution in [2.45, 2.75) is 89.9 Å². The van der Waals surface area contributed by atoms with Crippen molar-refractivity contribution in [1.82, 2.24) is 0 Å². The molecule has 0 N–H and O–H groups in total. The van der Waals surface area contributed by atoms with Gasteiger partial charge in [0.2, 0.25) is 0 Å². The number of hydrogen-bond donors (Lipinski definition) is 0. The molecule has 0 nitrogen and oxygen atoms in total. The highest BCUT2D eigenvalue weighted by Crippen LogP contribution is 2.33. The van der Waals surface area contributed by atoms with E-state index >= 15 is 0 Å². The Hall–Kier alpha value is 0.167. The molecular weight excluding hydrogens is 395 g/mol. The molecule has 2 heteroatoms. The van der Waals surface area contributed by atoms with E-state index in [1.807, 2.05) is 0 Å². The molecule has 0 radical (unpaired) electrons. The summed E-state index contributed by atoms with van der Waals surface area (Å²) in [6.07, 6.45) is 9.83. The molecule has 0 aliphatic carbocycles. The molecule has 0 aromatic heterocycles. The molecule has 22 heavy (non-hydrogen) atoms. The smallest absolute Gasteiger partial charge is 0.0539 e. The van der Waals surface area contributed by atoms with Crippen molar-refractivity contribution in [3.63, 3.8) is 0 Å². The number of halogens is 1. The highest BCUT2D eigenvalue weighted by atomic mass is 127. The molecular formula is C20H35ISi. The fourth-order valence-corrected chi connectivity index (χ4v) is 9.46. The predicted octanol–water partition coefficient (Wildman–Crippen LogP) is 7.68. The largest absolute Gasteiger partial charge is 0.0654 e. The quantitative estimate of drug-likeness (QED) is 0.236. The molecule has 0 fully saturated rings. The zero-order valence-electron chi connectivity index (χ0n) is 15.0. The lowest BCUT2D eigenvalue weighted by Crippen LogP contribution is -2.34. The Balaban J connectivity index is 2.72. The van der Waals surface area contributed by atoms with Crippen LogP contribution in [0.2, 0.25) is 24.2 Å². The van der Waals surface area contributed by atoms with E-state index < -0.39 is 8.07 Å². The van der Waals surface area contributed by atoms with E-state index in [0.29, 0.717) is 0 Å². The molecule has 0 atom stereocenters.